The molecule has 0 aliphatic carbocycles. The molecule has 1 fully saturated rings. The van der Waals surface area contributed by atoms with Gasteiger partial charge >= 0.3 is 6.09 Å². The second-order valence-corrected chi connectivity index (χ2v) is 6.51. The third-order valence-electron chi connectivity index (χ3n) is 4.31. The zero-order valence-electron chi connectivity index (χ0n) is 15.3. The average molecular weight is 405 g/mol. The van der Waals surface area contributed by atoms with E-state index < -0.39 is 18.0 Å². The zero-order valence-corrected chi connectivity index (χ0v) is 16.1. The Balaban J connectivity index is 1.66. The number of halogens is 1. The number of ether oxygens (including phenoxy) is 2. The van der Waals surface area contributed by atoms with Gasteiger partial charge in [-0.05, 0) is 30.4 Å². The minimum Gasteiger partial charge on any atom is -0.474 e. The van der Waals surface area contributed by atoms with Gasteiger partial charge in [0, 0.05) is 6.54 Å². The maximum Gasteiger partial charge on any atom is 0.414 e. The van der Waals surface area contributed by atoms with Gasteiger partial charge in [-0.1, -0.05) is 5.92 Å². The molecule has 2 aliphatic heterocycles. The van der Waals surface area contributed by atoms with Crippen LogP contribution >= 0.6 is 12.2 Å². The van der Waals surface area contributed by atoms with Crippen LogP contribution < -0.4 is 15.1 Å². The Morgan fingerprint density at radius 3 is 3.00 bits per heavy atom. The summed E-state index contributed by atoms with van der Waals surface area (Å²) in [6.07, 6.45) is 5.86. The monoisotopic (exact) mass is 405 g/mol. The van der Waals surface area contributed by atoms with Crippen molar-refractivity contribution in [3.05, 3.63) is 24.0 Å². The molecular weight excluding hydrogens is 385 g/mol. The van der Waals surface area contributed by atoms with Gasteiger partial charge in [0.25, 0.3) is 5.17 Å². The van der Waals surface area contributed by atoms with Crippen molar-refractivity contribution < 1.29 is 18.7 Å². The predicted octanol–water partition coefficient (Wildman–Crippen LogP) is 1.37. The largest absolute Gasteiger partial charge is 0.474 e. The minimum absolute atomic E-state index is 0.217. The lowest BCUT2D eigenvalue weighted by Crippen LogP contribution is -2.38. The number of hydrogen-bond donors (Lipinski definition) is 1. The standard InChI is InChI=1S/C18H20FN5O3S/c1-3-6-23-8-7-22(12-21-23)16-5-4-13(9-15(16)19)24-11-14(27-18(24)25)10-20-17(28)26-2/h1,4-5,9,12,14H,6-8,10-11H2,2H3,(H,20,28). The molecular formula is C18H20FN5O3S. The molecule has 1 aromatic carbocycles. The summed E-state index contributed by atoms with van der Waals surface area (Å²) in [5.41, 5.74) is 0.801. The Morgan fingerprint density at radius 1 is 1.54 bits per heavy atom. The van der Waals surface area contributed by atoms with Gasteiger partial charge in [0.2, 0.25) is 0 Å². The molecule has 1 saturated heterocycles. The second kappa shape index (κ2) is 8.75. The van der Waals surface area contributed by atoms with Crippen LogP contribution in [0.15, 0.2) is 23.3 Å². The molecule has 0 spiro atoms. The summed E-state index contributed by atoms with van der Waals surface area (Å²) in [7, 11) is 1.45. The summed E-state index contributed by atoms with van der Waals surface area (Å²) < 4.78 is 24.8. The highest BCUT2D eigenvalue weighted by atomic mass is 32.1. The van der Waals surface area contributed by atoms with Crippen LogP contribution in [0.1, 0.15) is 0 Å². The van der Waals surface area contributed by atoms with Gasteiger partial charge < -0.3 is 19.7 Å². The van der Waals surface area contributed by atoms with Crippen molar-refractivity contribution in [1.29, 1.82) is 0 Å². The maximum absolute atomic E-state index is 14.7. The number of carbonyl (C=O) groups is 1. The Kier molecular flexibility index (Phi) is 6.16. The first-order valence-corrected chi connectivity index (χ1v) is 9.01. The van der Waals surface area contributed by atoms with Crippen molar-refractivity contribution in [1.82, 2.24) is 10.3 Å². The number of terminal acetylenes is 1. The molecule has 10 heteroatoms. The molecule has 0 bridgehead atoms. The van der Waals surface area contributed by atoms with Crippen LogP contribution in [0.3, 0.4) is 0 Å². The van der Waals surface area contributed by atoms with E-state index in [1.165, 1.54) is 18.1 Å². The number of rotatable bonds is 5. The fourth-order valence-electron chi connectivity index (χ4n) is 2.89. The highest BCUT2D eigenvalue weighted by Gasteiger charge is 2.33. The van der Waals surface area contributed by atoms with E-state index in [1.807, 2.05) is 0 Å². The zero-order chi connectivity index (χ0) is 20.1. The number of anilines is 2. The summed E-state index contributed by atoms with van der Waals surface area (Å²) in [6.45, 7) is 2.16. The van der Waals surface area contributed by atoms with Gasteiger partial charge in [0.05, 0.1) is 44.7 Å². The Morgan fingerprint density at radius 2 is 2.36 bits per heavy atom. The van der Waals surface area contributed by atoms with E-state index in [0.29, 0.717) is 37.6 Å². The smallest absolute Gasteiger partial charge is 0.414 e. The van der Waals surface area contributed by atoms with Crippen molar-refractivity contribution in [2.24, 2.45) is 5.10 Å². The van der Waals surface area contributed by atoms with Crippen LogP contribution in [0.4, 0.5) is 20.6 Å². The van der Waals surface area contributed by atoms with E-state index in [9.17, 15) is 9.18 Å². The molecule has 0 aromatic heterocycles. The molecule has 1 N–H and O–H groups in total. The van der Waals surface area contributed by atoms with Crippen molar-refractivity contribution in [3.63, 3.8) is 0 Å². The molecule has 2 heterocycles. The van der Waals surface area contributed by atoms with Gasteiger partial charge in [-0.25, -0.2) is 9.18 Å². The van der Waals surface area contributed by atoms with E-state index in [4.69, 9.17) is 28.1 Å². The van der Waals surface area contributed by atoms with Crippen LogP contribution in [0.2, 0.25) is 0 Å². The second-order valence-electron chi connectivity index (χ2n) is 6.14. The van der Waals surface area contributed by atoms with Crippen LogP contribution in [-0.2, 0) is 9.47 Å². The van der Waals surface area contributed by atoms with Gasteiger partial charge in [-0.15, -0.1) is 6.42 Å². The lowest BCUT2D eigenvalue weighted by molar-refractivity contribution is 0.142. The number of cyclic esters (lactones) is 1. The molecule has 2 aliphatic rings. The fraction of sp³-hybridized carbons (Fsp3) is 0.389. The summed E-state index contributed by atoms with van der Waals surface area (Å²) in [5, 5.41) is 8.98. The van der Waals surface area contributed by atoms with Gasteiger partial charge in [-0.2, -0.15) is 5.10 Å². The highest BCUT2D eigenvalue weighted by Crippen LogP contribution is 2.28. The molecule has 1 atom stereocenters. The molecule has 3 rings (SSSR count). The number of amides is 1. The number of thiocarbonyl (C=S) groups is 1. The molecule has 0 radical (unpaired) electrons. The number of methoxy groups -OCH3 is 1. The van der Waals surface area contributed by atoms with Gasteiger partial charge in [-0.3, -0.25) is 9.91 Å². The molecule has 8 nitrogen and oxygen atoms in total. The first-order valence-electron chi connectivity index (χ1n) is 8.60. The first-order chi connectivity index (χ1) is 13.5. The van der Waals surface area contributed by atoms with Crippen molar-refractivity contribution >= 4 is 41.2 Å². The van der Waals surface area contributed by atoms with E-state index in [2.05, 4.69) is 16.3 Å². The van der Waals surface area contributed by atoms with Gasteiger partial charge in [0.1, 0.15) is 18.3 Å². The summed E-state index contributed by atoms with van der Waals surface area (Å²) in [4.78, 5) is 15.2. The maximum atomic E-state index is 14.7. The number of hydrogen-bond acceptors (Lipinski definition) is 7. The van der Waals surface area contributed by atoms with E-state index >= 15 is 0 Å². The van der Waals surface area contributed by atoms with Crippen LogP contribution in [0.5, 0.6) is 0 Å². The highest BCUT2D eigenvalue weighted by molar-refractivity contribution is 7.80. The molecule has 1 amide bonds. The minimum atomic E-state index is -0.535. The normalized spacial score (nSPS) is 18.7. The number of carbonyl (C=O) groups excluding carboxylic acids is 1. The number of nitrogens with one attached hydrogen (secondary N) is 1. The van der Waals surface area contributed by atoms with Crippen LogP contribution in [-0.4, -0.2) is 68.6 Å². The molecule has 1 unspecified atom stereocenters. The van der Waals surface area contributed by atoms with Gasteiger partial charge in [0.15, 0.2) is 0 Å². The van der Waals surface area contributed by atoms with E-state index in [0.717, 1.165) is 0 Å². The van der Waals surface area contributed by atoms with Crippen molar-refractivity contribution in [2.75, 3.05) is 49.6 Å². The Hall–Kier alpha value is -3.06. The lowest BCUT2D eigenvalue weighted by atomic mass is 10.2. The average Bonchev–Trinajstić information content (AvgIpc) is 3.07. The number of nitrogens with zero attached hydrogens (tertiary/aromatic N) is 4. The van der Waals surface area contributed by atoms with E-state index in [1.54, 1.807) is 28.4 Å². The summed E-state index contributed by atoms with van der Waals surface area (Å²) >= 11 is 4.89. The molecule has 28 heavy (non-hydrogen) atoms. The summed E-state index contributed by atoms with van der Waals surface area (Å²) in [6, 6.07) is 4.61. The third kappa shape index (κ3) is 4.43. The van der Waals surface area contributed by atoms with Crippen LogP contribution in [0.25, 0.3) is 0 Å². The number of hydrazone groups is 1. The molecule has 0 saturated carbocycles. The Labute approximate surface area is 167 Å². The molecule has 1 aromatic rings. The van der Waals surface area contributed by atoms with Crippen molar-refractivity contribution in [3.8, 4) is 12.3 Å². The fourth-order valence-corrected chi connectivity index (χ4v) is 2.97. The quantitative estimate of drug-likeness (QED) is 0.586. The number of benzene rings is 1. The summed E-state index contributed by atoms with van der Waals surface area (Å²) in [5.74, 6) is 2.07. The topological polar surface area (TPSA) is 69.6 Å². The third-order valence-corrected chi connectivity index (χ3v) is 4.62. The van der Waals surface area contributed by atoms with Crippen molar-refractivity contribution in [2.45, 2.75) is 6.10 Å². The van der Waals surface area contributed by atoms with Crippen LogP contribution in [0, 0.1) is 18.2 Å². The first kappa shape index (κ1) is 19.7. The SMILES string of the molecule is C#CCN1CCN(c2ccc(N3CC(CNC(=S)OC)OC3=O)cc2F)C=N1. The van der Waals surface area contributed by atoms with E-state index in [-0.39, 0.29) is 11.7 Å². The molecule has 148 valence electrons. The predicted molar refractivity (Wildman–Crippen MR) is 108 cm³/mol. The Bertz CT molecular complexity index is 828. The lowest BCUT2D eigenvalue weighted by Gasteiger charge is -2.29.